The number of benzene rings is 1. The fourth-order valence-corrected chi connectivity index (χ4v) is 1.80. The fourth-order valence-electron chi connectivity index (χ4n) is 1.13. The van der Waals surface area contributed by atoms with Crippen LogP contribution < -0.4 is 5.73 Å². The minimum atomic E-state index is -0.685. The summed E-state index contributed by atoms with van der Waals surface area (Å²) in [6.07, 6.45) is 0. The van der Waals surface area contributed by atoms with E-state index in [1.54, 1.807) is 6.92 Å². The maximum absolute atomic E-state index is 11.5. The summed E-state index contributed by atoms with van der Waals surface area (Å²) in [6.45, 7) is 1.81. The van der Waals surface area contributed by atoms with Crippen LogP contribution in [0.4, 0.5) is 11.4 Å². The van der Waals surface area contributed by atoms with Gasteiger partial charge in [-0.05, 0) is 28.9 Å². The molecule has 0 bridgehead atoms. The van der Waals surface area contributed by atoms with Crippen molar-refractivity contribution in [1.82, 2.24) is 0 Å². The molecule has 0 saturated carbocycles. The Kier molecular flexibility index (Phi) is 3.83. The van der Waals surface area contributed by atoms with Crippen LogP contribution in [0.15, 0.2) is 16.6 Å². The number of nitrogens with zero attached hydrogens (tertiary/aromatic N) is 1. The molecule has 1 rings (SSSR count). The van der Waals surface area contributed by atoms with Gasteiger partial charge in [0.15, 0.2) is 0 Å². The van der Waals surface area contributed by atoms with Gasteiger partial charge in [-0.25, -0.2) is 4.79 Å². The molecule has 1 aromatic carbocycles. The highest BCUT2D eigenvalue weighted by molar-refractivity contribution is 9.10. The molecule has 0 aromatic heterocycles. The molecule has 0 radical (unpaired) electrons. The van der Waals surface area contributed by atoms with E-state index < -0.39 is 10.9 Å². The van der Waals surface area contributed by atoms with E-state index >= 15 is 0 Å². The Bertz CT molecular complexity index is 447. The van der Waals surface area contributed by atoms with Crippen molar-refractivity contribution in [2.45, 2.75) is 6.92 Å². The zero-order valence-electron chi connectivity index (χ0n) is 8.40. The Morgan fingerprint density at radius 2 is 2.25 bits per heavy atom. The molecule has 2 N–H and O–H groups in total. The predicted molar refractivity (Wildman–Crippen MR) is 61.2 cm³/mol. The molecule has 0 unspecified atom stereocenters. The molecule has 86 valence electrons. The van der Waals surface area contributed by atoms with Crippen LogP contribution in [0.5, 0.6) is 0 Å². The Morgan fingerprint density at radius 3 is 2.75 bits per heavy atom. The Hall–Kier alpha value is -1.63. The molecule has 1 aromatic rings. The third-order valence-electron chi connectivity index (χ3n) is 1.83. The lowest BCUT2D eigenvalue weighted by atomic mass is 10.1. The minimum Gasteiger partial charge on any atom is -0.462 e. The highest BCUT2D eigenvalue weighted by Gasteiger charge is 2.23. The number of rotatable bonds is 3. The number of carbonyl (C=O) groups is 1. The summed E-state index contributed by atoms with van der Waals surface area (Å²) in [6, 6.07) is 2.53. The molecular formula is C9H9BrN2O4. The average molecular weight is 289 g/mol. The van der Waals surface area contributed by atoms with Crippen molar-refractivity contribution in [3.63, 3.8) is 0 Å². The minimum absolute atomic E-state index is 0.0175. The summed E-state index contributed by atoms with van der Waals surface area (Å²) < 4.78 is 4.79. The molecule has 0 amide bonds. The first-order valence-corrected chi connectivity index (χ1v) is 5.17. The van der Waals surface area contributed by atoms with Crippen molar-refractivity contribution in [2.75, 3.05) is 12.3 Å². The first-order valence-electron chi connectivity index (χ1n) is 4.38. The molecule has 0 aliphatic rings. The third kappa shape index (κ3) is 2.30. The van der Waals surface area contributed by atoms with Crippen molar-refractivity contribution < 1.29 is 14.5 Å². The summed E-state index contributed by atoms with van der Waals surface area (Å²) in [4.78, 5) is 21.5. The van der Waals surface area contributed by atoms with Crippen LogP contribution in [0.25, 0.3) is 0 Å². The Labute approximate surface area is 99.7 Å². The topological polar surface area (TPSA) is 95.5 Å². The number of carbonyl (C=O) groups excluding carboxylic acids is 1. The monoisotopic (exact) mass is 288 g/mol. The van der Waals surface area contributed by atoms with Crippen molar-refractivity contribution >= 4 is 33.3 Å². The van der Waals surface area contributed by atoms with E-state index in [0.29, 0.717) is 0 Å². The maximum atomic E-state index is 11.5. The zero-order valence-corrected chi connectivity index (χ0v) is 9.98. The molecule has 0 heterocycles. The van der Waals surface area contributed by atoms with Crippen LogP contribution in [-0.2, 0) is 4.74 Å². The molecule has 16 heavy (non-hydrogen) atoms. The molecule has 0 spiro atoms. The van der Waals surface area contributed by atoms with E-state index in [4.69, 9.17) is 10.5 Å². The highest BCUT2D eigenvalue weighted by Crippen LogP contribution is 2.32. The number of hydrogen-bond acceptors (Lipinski definition) is 5. The van der Waals surface area contributed by atoms with Crippen LogP contribution in [0.1, 0.15) is 17.3 Å². The second-order valence-electron chi connectivity index (χ2n) is 2.84. The quantitative estimate of drug-likeness (QED) is 0.398. The summed E-state index contributed by atoms with van der Waals surface area (Å²) in [5, 5.41) is 10.6. The summed E-state index contributed by atoms with van der Waals surface area (Å²) in [5.74, 6) is -0.685. The van der Waals surface area contributed by atoms with E-state index in [2.05, 4.69) is 15.9 Å². The molecule has 0 saturated heterocycles. The van der Waals surface area contributed by atoms with Crippen LogP contribution in [0.2, 0.25) is 0 Å². The molecule has 0 atom stereocenters. The van der Waals surface area contributed by atoms with Crippen molar-refractivity contribution in [1.29, 1.82) is 0 Å². The molecule has 7 heteroatoms. The van der Waals surface area contributed by atoms with Gasteiger partial charge in [0.1, 0.15) is 10.0 Å². The second kappa shape index (κ2) is 4.93. The largest absolute Gasteiger partial charge is 0.462 e. The van der Waals surface area contributed by atoms with E-state index in [1.165, 1.54) is 12.1 Å². The molecule has 6 nitrogen and oxygen atoms in total. The number of nitro groups is 1. The van der Waals surface area contributed by atoms with E-state index in [1.807, 2.05) is 0 Å². The molecule has 0 fully saturated rings. The van der Waals surface area contributed by atoms with E-state index in [9.17, 15) is 14.9 Å². The smallest absolute Gasteiger partial charge is 0.341 e. The van der Waals surface area contributed by atoms with Crippen LogP contribution in [-0.4, -0.2) is 17.5 Å². The summed E-state index contributed by atoms with van der Waals surface area (Å²) in [5.41, 5.74) is 5.46. The standard InChI is InChI=1S/C9H9BrN2O4/c1-2-16-9(13)7-5(11)3-4-6(8(7)10)12(14)15/h3-4H,2,11H2,1H3. The first kappa shape index (κ1) is 12.4. The third-order valence-corrected chi connectivity index (χ3v) is 2.63. The fraction of sp³-hybridized carbons (Fsp3) is 0.222. The van der Waals surface area contributed by atoms with Crippen molar-refractivity contribution in [2.24, 2.45) is 0 Å². The average Bonchev–Trinajstić information content (AvgIpc) is 2.17. The van der Waals surface area contributed by atoms with E-state index in [0.717, 1.165) is 0 Å². The van der Waals surface area contributed by atoms with Gasteiger partial charge in [0, 0.05) is 11.8 Å². The van der Waals surface area contributed by atoms with Gasteiger partial charge in [-0.3, -0.25) is 10.1 Å². The number of halogens is 1. The lowest BCUT2D eigenvalue weighted by Gasteiger charge is -2.07. The highest BCUT2D eigenvalue weighted by atomic mass is 79.9. The Balaban J connectivity index is 3.31. The predicted octanol–water partition coefficient (Wildman–Crippen LogP) is 2.12. The van der Waals surface area contributed by atoms with Gasteiger partial charge in [0.25, 0.3) is 5.69 Å². The van der Waals surface area contributed by atoms with Gasteiger partial charge >= 0.3 is 5.97 Å². The Morgan fingerprint density at radius 1 is 1.62 bits per heavy atom. The molecule has 0 aliphatic heterocycles. The number of nitro benzene ring substituents is 1. The molecule has 0 aliphatic carbocycles. The van der Waals surface area contributed by atoms with Crippen LogP contribution in [0.3, 0.4) is 0 Å². The maximum Gasteiger partial charge on any atom is 0.341 e. The first-order chi connectivity index (χ1) is 7.49. The van der Waals surface area contributed by atoms with Crippen LogP contribution in [0, 0.1) is 10.1 Å². The van der Waals surface area contributed by atoms with Crippen molar-refractivity contribution in [3.05, 3.63) is 32.3 Å². The normalized spacial score (nSPS) is 9.88. The SMILES string of the molecule is CCOC(=O)c1c(N)ccc([N+](=O)[O-])c1Br. The molecular weight excluding hydrogens is 280 g/mol. The number of esters is 1. The summed E-state index contributed by atoms with van der Waals surface area (Å²) in [7, 11) is 0. The summed E-state index contributed by atoms with van der Waals surface area (Å²) >= 11 is 2.98. The zero-order chi connectivity index (χ0) is 12.3. The number of ether oxygens (including phenoxy) is 1. The van der Waals surface area contributed by atoms with Gasteiger partial charge in [-0.2, -0.15) is 0 Å². The van der Waals surface area contributed by atoms with Gasteiger partial charge in [-0.1, -0.05) is 0 Å². The van der Waals surface area contributed by atoms with Gasteiger partial charge in [-0.15, -0.1) is 0 Å². The number of hydrogen-bond donors (Lipinski definition) is 1. The number of nitrogen functional groups attached to an aromatic ring is 1. The van der Waals surface area contributed by atoms with Crippen molar-refractivity contribution in [3.8, 4) is 0 Å². The van der Waals surface area contributed by atoms with Gasteiger partial charge in [0.2, 0.25) is 0 Å². The lowest BCUT2D eigenvalue weighted by Crippen LogP contribution is -2.10. The number of nitrogens with two attached hydrogens (primary N) is 1. The number of anilines is 1. The lowest BCUT2D eigenvalue weighted by molar-refractivity contribution is -0.385. The van der Waals surface area contributed by atoms with Gasteiger partial charge < -0.3 is 10.5 Å². The second-order valence-corrected chi connectivity index (χ2v) is 3.63. The van der Waals surface area contributed by atoms with E-state index in [-0.39, 0.29) is 28.0 Å². The van der Waals surface area contributed by atoms with Gasteiger partial charge in [0.05, 0.1) is 11.5 Å². The van der Waals surface area contributed by atoms with Crippen LogP contribution >= 0.6 is 15.9 Å².